The minimum Gasteiger partial charge on any atom is -0.410 e. The highest BCUT2D eigenvalue weighted by Gasteiger charge is 2.15. The highest BCUT2D eigenvalue weighted by molar-refractivity contribution is 7.13. The second-order valence-electron chi connectivity index (χ2n) is 7.10. The van der Waals surface area contributed by atoms with Crippen molar-refractivity contribution in [3.63, 3.8) is 0 Å². The van der Waals surface area contributed by atoms with Crippen LogP contribution >= 0.6 is 11.3 Å². The number of benzene rings is 1. The van der Waals surface area contributed by atoms with Crippen molar-refractivity contribution in [2.24, 2.45) is 5.92 Å². The third-order valence-corrected chi connectivity index (χ3v) is 5.88. The molecule has 0 atom stereocenters. The lowest BCUT2D eigenvalue weighted by Crippen LogP contribution is -2.32. The molecule has 1 saturated carbocycles. The SMILES string of the molecule is O=C(NCC1CCCCC1)Oc1cccc(-c2cncc(-c3nccs3)c2)c1. The standard InChI is InChI=1S/C22H23N3O2S/c26-22(25-13-16-5-2-1-3-6-16)27-20-8-4-7-17(12-20)18-11-19(15-23-14-18)21-24-9-10-28-21/h4,7-12,14-16H,1-3,5-6,13H2,(H,25,26). The van der Waals surface area contributed by atoms with E-state index in [1.54, 1.807) is 36.0 Å². The molecule has 1 aliphatic carbocycles. The number of hydrogen-bond acceptors (Lipinski definition) is 5. The van der Waals surface area contributed by atoms with Gasteiger partial charge in [0.2, 0.25) is 0 Å². The topological polar surface area (TPSA) is 64.1 Å². The third-order valence-electron chi connectivity index (χ3n) is 5.06. The first-order chi connectivity index (χ1) is 13.8. The van der Waals surface area contributed by atoms with Crippen molar-refractivity contribution < 1.29 is 9.53 Å². The Labute approximate surface area is 168 Å². The van der Waals surface area contributed by atoms with Crippen molar-refractivity contribution in [1.29, 1.82) is 0 Å². The van der Waals surface area contributed by atoms with Gasteiger partial charge in [0.15, 0.2) is 0 Å². The van der Waals surface area contributed by atoms with Crippen LogP contribution in [-0.2, 0) is 0 Å². The Hall–Kier alpha value is -2.73. The molecule has 0 spiro atoms. The van der Waals surface area contributed by atoms with E-state index in [-0.39, 0.29) is 0 Å². The lowest BCUT2D eigenvalue weighted by molar-refractivity contribution is 0.196. The zero-order valence-corrected chi connectivity index (χ0v) is 16.5. The second kappa shape index (κ2) is 8.97. The number of aromatic nitrogens is 2. The van der Waals surface area contributed by atoms with Gasteiger partial charge in [-0.25, -0.2) is 9.78 Å². The number of thiazole rings is 1. The number of amides is 1. The Kier molecular flexibility index (Phi) is 5.97. The van der Waals surface area contributed by atoms with Crippen molar-refractivity contribution in [3.05, 3.63) is 54.3 Å². The van der Waals surface area contributed by atoms with Gasteiger partial charge in [0.05, 0.1) is 0 Å². The fraction of sp³-hybridized carbons (Fsp3) is 0.318. The van der Waals surface area contributed by atoms with Crippen LogP contribution in [0.3, 0.4) is 0 Å². The molecule has 0 unspecified atom stereocenters. The Morgan fingerprint density at radius 1 is 1.11 bits per heavy atom. The first-order valence-electron chi connectivity index (χ1n) is 9.69. The second-order valence-corrected chi connectivity index (χ2v) is 8.00. The monoisotopic (exact) mass is 393 g/mol. The van der Waals surface area contributed by atoms with E-state index in [0.717, 1.165) is 21.7 Å². The lowest BCUT2D eigenvalue weighted by Gasteiger charge is -2.21. The van der Waals surface area contributed by atoms with Crippen LogP contribution in [-0.4, -0.2) is 22.6 Å². The summed E-state index contributed by atoms with van der Waals surface area (Å²) in [5, 5.41) is 5.79. The average molecular weight is 394 g/mol. The molecule has 28 heavy (non-hydrogen) atoms. The number of hydrogen-bond donors (Lipinski definition) is 1. The van der Waals surface area contributed by atoms with Crippen LogP contribution in [0.4, 0.5) is 4.79 Å². The predicted molar refractivity (Wildman–Crippen MR) is 111 cm³/mol. The number of nitrogens with zero attached hydrogens (tertiary/aromatic N) is 2. The maximum absolute atomic E-state index is 12.2. The van der Waals surface area contributed by atoms with Gasteiger partial charge in [-0.1, -0.05) is 31.4 Å². The van der Waals surface area contributed by atoms with Crippen LogP contribution in [0.5, 0.6) is 5.75 Å². The van der Waals surface area contributed by atoms with Crippen LogP contribution in [0.25, 0.3) is 21.7 Å². The number of nitrogens with one attached hydrogen (secondary N) is 1. The maximum Gasteiger partial charge on any atom is 0.412 e. The molecule has 144 valence electrons. The minimum absolute atomic E-state index is 0.391. The molecule has 0 saturated heterocycles. The van der Waals surface area contributed by atoms with Crippen molar-refractivity contribution in [3.8, 4) is 27.4 Å². The number of pyridine rings is 1. The molecule has 0 aliphatic heterocycles. The quantitative estimate of drug-likeness (QED) is 0.618. The van der Waals surface area contributed by atoms with Gasteiger partial charge in [0.25, 0.3) is 0 Å². The number of carbonyl (C=O) groups is 1. The molecule has 2 aromatic heterocycles. The first-order valence-corrected chi connectivity index (χ1v) is 10.6. The summed E-state index contributed by atoms with van der Waals surface area (Å²) in [4.78, 5) is 20.8. The van der Waals surface area contributed by atoms with E-state index in [0.29, 0.717) is 18.2 Å². The summed E-state index contributed by atoms with van der Waals surface area (Å²) in [7, 11) is 0. The van der Waals surface area contributed by atoms with E-state index >= 15 is 0 Å². The highest BCUT2D eigenvalue weighted by Crippen LogP contribution is 2.28. The predicted octanol–water partition coefficient (Wildman–Crippen LogP) is 5.54. The normalized spacial score (nSPS) is 14.6. The average Bonchev–Trinajstić information content (AvgIpc) is 3.28. The van der Waals surface area contributed by atoms with Crippen molar-refractivity contribution in [1.82, 2.24) is 15.3 Å². The molecule has 1 N–H and O–H groups in total. The van der Waals surface area contributed by atoms with Gasteiger partial charge in [0.1, 0.15) is 10.8 Å². The van der Waals surface area contributed by atoms with E-state index < -0.39 is 6.09 Å². The lowest BCUT2D eigenvalue weighted by atomic mass is 9.89. The molecule has 5 nitrogen and oxygen atoms in total. The Morgan fingerprint density at radius 2 is 1.96 bits per heavy atom. The summed E-state index contributed by atoms with van der Waals surface area (Å²) in [6.45, 7) is 0.693. The molecule has 4 rings (SSSR count). The Bertz CT molecular complexity index is 921. The third kappa shape index (κ3) is 4.75. The Balaban J connectivity index is 1.41. The van der Waals surface area contributed by atoms with Crippen molar-refractivity contribution in [2.75, 3.05) is 6.54 Å². The molecule has 0 bridgehead atoms. The van der Waals surface area contributed by atoms with Gasteiger partial charge >= 0.3 is 6.09 Å². The fourth-order valence-corrected chi connectivity index (χ4v) is 4.20. The number of carbonyl (C=O) groups excluding carboxylic acids is 1. The minimum atomic E-state index is -0.391. The first kappa shape index (κ1) is 18.6. The summed E-state index contributed by atoms with van der Waals surface area (Å²) < 4.78 is 5.49. The van der Waals surface area contributed by atoms with E-state index in [1.165, 1.54) is 32.1 Å². The molecule has 0 radical (unpaired) electrons. The molecule has 1 aromatic carbocycles. The van der Waals surface area contributed by atoms with Crippen LogP contribution in [0.1, 0.15) is 32.1 Å². The number of rotatable bonds is 5. The van der Waals surface area contributed by atoms with Crippen LogP contribution < -0.4 is 10.1 Å². The largest absolute Gasteiger partial charge is 0.412 e. The summed E-state index contributed by atoms with van der Waals surface area (Å²) in [5.74, 6) is 1.10. The van der Waals surface area contributed by atoms with E-state index in [2.05, 4.69) is 15.3 Å². The molecular formula is C22H23N3O2S. The number of ether oxygens (including phenoxy) is 1. The fourth-order valence-electron chi connectivity index (χ4n) is 3.58. The molecule has 1 fully saturated rings. The zero-order chi connectivity index (χ0) is 19.2. The smallest absolute Gasteiger partial charge is 0.410 e. The molecule has 6 heteroatoms. The van der Waals surface area contributed by atoms with Crippen LogP contribution in [0, 0.1) is 5.92 Å². The van der Waals surface area contributed by atoms with E-state index in [1.807, 2.05) is 29.6 Å². The van der Waals surface area contributed by atoms with Gasteiger partial charge in [-0.05, 0) is 42.5 Å². The summed E-state index contributed by atoms with van der Waals surface area (Å²) in [6, 6.07) is 9.57. The van der Waals surface area contributed by atoms with Crippen LogP contribution in [0.15, 0.2) is 54.3 Å². The molecule has 2 heterocycles. The maximum atomic E-state index is 12.2. The van der Waals surface area contributed by atoms with Crippen molar-refractivity contribution in [2.45, 2.75) is 32.1 Å². The van der Waals surface area contributed by atoms with Crippen molar-refractivity contribution >= 4 is 17.4 Å². The van der Waals surface area contributed by atoms with E-state index in [9.17, 15) is 4.79 Å². The van der Waals surface area contributed by atoms with Gasteiger partial charge in [-0.2, -0.15) is 0 Å². The zero-order valence-electron chi connectivity index (χ0n) is 15.6. The van der Waals surface area contributed by atoms with Gasteiger partial charge in [-0.3, -0.25) is 4.98 Å². The van der Waals surface area contributed by atoms with E-state index in [4.69, 9.17) is 4.74 Å². The molecule has 3 aromatic rings. The van der Waals surface area contributed by atoms with Gasteiger partial charge < -0.3 is 10.1 Å². The Morgan fingerprint density at radius 3 is 2.79 bits per heavy atom. The molecular weight excluding hydrogens is 370 g/mol. The van der Waals surface area contributed by atoms with Crippen LogP contribution in [0.2, 0.25) is 0 Å². The highest BCUT2D eigenvalue weighted by atomic mass is 32.1. The summed E-state index contributed by atoms with van der Waals surface area (Å²) >= 11 is 1.58. The molecule has 1 amide bonds. The summed E-state index contributed by atoms with van der Waals surface area (Å²) in [5.41, 5.74) is 2.88. The van der Waals surface area contributed by atoms with Gasteiger partial charge in [-0.15, -0.1) is 11.3 Å². The van der Waals surface area contributed by atoms with Gasteiger partial charge in [0, 0.05) is 41.6 Å². The molecule has 1 aliphatic rings. The summed E-state index contributed by atoms with van der Waals surface area (Å²) in [6.07, 6.45) is 11.2.